The highest BCUT2D eigenvalue weighted by atomic mass is 15.1. The minimum atomic E-state index is 0.519. The van der Waals surface area contributed by atoms with Gasteiger partial charge in [0.25, 0.3) is 0 Å². The van der Waals surface area contributed by atoms with Crippen molar-refractivity contribution in [2.75, 3.05) is 27.2 Å². The van der Waals surface area contributed by atoms with Gasteiger partial charge >= 0.3 is 0 Å². The van der Waals surface area contributed by atoms with Crippen molar-refractivity contribution in [3.63, 3.8) is 0 Å². The van der Waals surface area contributed by atoms with Crippen LogP contribution < -0.4 is 5.32 Å². The first-order chi connectivity index (χ1) is 8.99. The first kappa shape index (κ1) is 17.0. The third-order valence-electron chi connectivity index (χ3n) is 4.87. The van der Waals surface area contributed by atoms with Gasteiger partial charge in [0.05, 0.1) is 0 Å². The molecule has 1 N–H and O–H groups in total. The van der Waals surface area contributed by atoms with Crippen molar-refractivity contribution in [2.45, 2.75) is 71.8 Å². The Balaban J connectivity index is 2.60. The zero-order valence-corrected chi connectivity index (χ0v) is 14.0. The van der Waals surface area contributed by atoms with Gasteiger partial charge in [0.1, 0.15) is 0 Å². The van der Waals surface area contributed by atoms with Gasteiger partial charge in [-0.05, 0) is 51.6 Å². The molecule has 0 aromatic heterocycles. The summed E-state index contributed by atoms with van der Waals surface area (Å²) in [4.78, 5) is 2.61. The fourth-order valence-electron chi connectivity index (χ4n) is 3.79. The molecule has 1 rings (SSSR count). The molecule has 2 heteroatoms. The minimum absolute atomic E-state index is 0.519. The van der Waals surface area contributed by atoms with Gasteiger partial charge in [0.2, 0.25) is 0 Å². The highest BCUT2D eigenvalue weighted by molar-refractivity contribution is 4.87. The maximum atomic E-state index is 3.46. The summed E-state index contributed by atoms with van der Waals surface area (Å²) < 4.78 is 0. The molecule has 1 unspecified atom stereocenters. The van der Waals surface area contributed by atoms with E-state index in [0.717, 1.165) is 5.92 Å². The second-order valence-corrected chi connectivity index (χ2v) is 7.34. The lowest BCUT2D eigenvalue weighted by Crippen LogP contribution is -2.45. The van der Waals surface area contributed by atoms with Crippen molar-refractivity contribution in [1.82, 2.24) is 10.2 Å². The van der Waals surface area contributed by atoms with Gasteiger partial charge < -0.3 is 10.2 Å². The number of hydrogen-bond donors (Lipinski definition) is 1. The van der Waals surface area contributed by atoms with Crippen LogP contribution in [0.4, 0.5) is 0 Å². The first-order valence-corrected chi connectivity index (χ1v) is 8.34. The van der Waals surface area contributed by atoms with E-state index in [2.05, 4.69) is 45.1 Å². The third kappa shape index (κ3) is 5.83. The average molecular weight is 268 g/mol. The molecule has 0 aromatic carbocycles. The van der Waals surface area contributed by atoms with Crippen LogP contribution in [0.1, 0.15) is 65.7 Å². The standard InChI is InChI=1S/C17H36N2/c1-15(2)12-16(3)19(5)14-17(13-18-4)10-8-6-7-9-11-17/h15-16,18H,6-14H2,1-5H3. The van der Waals surface area contributed by atoms with Crippen LogP contribution in [0.5, 0.6) is 0 Å². The molecule has 1 atom stereocenters. The van der Waals surface area contributed by atoms with Gasteiger partial charge in [-0.3, -0.25) is 0 Å². The molecule has 0 amide bonds. The Morgan fingerprint density at radius 2 is 1.63 bits per heavy atom. The number of rotatable bonds is 7. The number of nitrogens with one attached hydrogen (secondary N) is 1. The van der Waals surface area contributed by atoms with Crippen LogP contribution in [-0.4, -0.2) is 38.1 Å². The summed E-state index contributed by atoms with van der Waals surface area (Å²) in [7, 11) is 4.44. The summed E-state index contributed by atoms with van der Waals surface area (Å²) in [6.45, 7) is 9.51. The molecule has 0 heterocycles. The maximum absolute atomic E-state index is 3.46. The van der Waals surface area contributed by atoms with E-state index in [0.29, 0.717) is 11.5 Å². The molecule has 0 aromatic rings. The van der Waals surface area contributed by atoms with Gasteiger partial charge in [-0.1, -0.05) is 39.5 Å². The predicted octanol–water partition coefficient (Wildman–Crippen LogP) is 3.91. The van der Waals surface area contributed by atoms with E-state index in [1.807, 2.05) is 0 Å². The third-order valence-corrected chi connectivity index (χ3v) is 4.87. The van der Waals surface area contributed by atoms with Gasteiger partial charge in [-0.2, -0.15) is 0 Å². The second-order valence-electron chi connectivity index (χ2n) is 7.34. The first-order valence-electron chi connectivity index (χ1n) is 8.34. The minimum Gasteiger partial charge on any atom is -0.319 e. The van der Waals surface area contributed by atoms with E-state index in [4.69, 9.17) is 0 Å². The van der Waals surface area contributed by atoms with E-state index < -0.39 is 0 Å². The summed E-state index contributed by atoms with van der Waals surface area (Å²) in [6.07, 6.45) is 9.86. The SMILES string of the molecule is CNCC1(CN(C)C(C)CC(C)C)CCCCCC1. The summed E-state index contributed by atoms with van der Waals surface area (Å²) >= 11 is 0. The number of hydrogen-bond acceptors (Lipinski definition) is 2. The molecule has 0 bridgehead atoms. The Morgan fingerprint density at radius 1 is 1.05 bits per heavy atom. The Hall–Kier alpha value is -0.0800. The van der Waals surface area contributed by atoms with Crippen LogP contribution in [0.25, 0.3) is 0 Å². The molecule has 0 spiro atoms. The normalized spacial score (nSPS) is 21.6. The van der Waals surface area contributed by atoms with Crippen LogP contribution in [-0.2, 0) is 0 Å². The van der Waals surface area contributed by atoms with Gasteiger partial charge in [-0.15, -0.1) is 0 Å². The monoisotopic (exact) mass is 268 g/mol. The summed E-state index contributed by atoms with van der Waals surface area (Å²) in [5.41, 5.74) is 0.519. The van der Waals surface area contributed by atoms with Crippen molar-refractivity contribution in [3.05, 3.63) is 0 Å². The van der Waals surface area contributed by atoms with Gasteiger partial charge in [0.15, 0.2) is 0 Å². The van der Waals surface area contributed by atoms with Crippen LogP contribution in [0.2, 0.25) is 0 Å². The Labute approximate surface area is 121 Å². The molecule has 0 radical (unpaired) electrons. The Bertz CT molecular complexity index is 229. The van der Waals surface area contributed by atoms with E-state index in [1.54, 1.807) is 0 Å². The molecule has 2 nitrogen and oxygen atoms in total. The smallest absolute Gasteiger partial charge is 0.00665 e. The van der Waals surface area contributed by atoms with E-state index in [-0.39, 0.29) is 0 Å². The largest absolute Gasteiger partial charge is 0.319 e. The fourth-order valence-corrected chi connectivity index (χ4v) is 3.79. The molecule has 1 fully saturated rings. The van der Waals surface area contributed by atoms with Gasteiger partial charge in [0, 0.05) is 19.1 Å². The lowest BCUT2D eigenvalue weighted by molar-refractivity contribution is 0.114. The molecule has 1 aliphatic rings. The molecule has 1 aliphatic carbocycles. The number of nitrogens with zero attached hydrogens (tertiary/aromatic N) is 1. The lowest BCUT2D eigenvalue weighted by atomic mass is 9.79. The van der Waals surface area contributed by atoms with Crippen molar-refractivity contribution in [2.24, 2.45) is 11.3 Å². The molecule has 19 heavy (non-hydrogen) atoms. The second kappa shape index (κ2) is 8.26. The van der Waals surface area contributed by atoms with E-state index >= 15 is 0 Å². The molecule has 0 saturated heterocycles. The summed E-state index contributed by atoms with van der Waals surface area (Å²) in [5, 5.41) is 3.46. The zero-order chi connectivity index (χ0) is 14.3. The lowest BCUT2D eigenvalue weighted by Gasteiger charge is -2.39. The topological polar surface area (TPSA) is 15.3 Å². The predicted molar refractivity (Wildman–Crippen MR) is 85.6 cm³/mol. The van der Waals surface area contributed by atoms with Crippen molar-refractivity contribution in [3.8, 4) is 0 Å². The highest BCUT2D eigenvalue weighted by Crippen LogP contribution is 2.35. The van der Waals surface area contributed by atoms with Crippen LogP contribution in [0.15, 0.2) is 0 Å². The Morgan fingerprint density at radius 3 is 2.11 bits per heavy atom. The average Bonchev–Trinajstić information content (AvgIpc) is 2.54. The summed E-state index contributed by atoms with van der Waals surface area (Å²) in [5.74, 6) is 0.798. The molecule has 0 aliphatic heterocycles. The molecule has 114 valence electrons. The molecular formula is C17H36N2. The maximum Gasteiger partial charge on any atom is 0.00665 e. The van der Waals surface area contributed by atoms with Crippen molar-refractivity contribution in [1.29, 1.82) is 0 Å². The quantitative estimate of drug-likeness (QED) is 0.704. The molecule has 1 saturated carbocycles. The van der Waals surface area contributed by atoms with Crippen molar-refractivity contribution < 1.29 is 0 Å². The summed E-state index contributed by atoms with van der Waals surface area (Å²) in [6, 6.07) is 0.706. The zero-order valence-electron chi connectivity index (χ0n) is 14.0. The van der Waals surface area contributed by atoms with Gasteiger partial charge in [-0.25, -0.2) is 0 Å². The molecular weight excluding hydrogens is 232 g/mol. The van der Waals surface area contributed by atoms with Crippen molar-refractivity contribution >= 4 is 0 Å². The van der Waals surface area contributed by atoms with E-state index in [9.17, 15) is 0 Å². The van der Waals surface area contributed by atoms with Crippen LogP contribution >= 0.6 is 0 Å². The van der Waals surface area contributed by atoms with Crippen LogP contribution in [0, 0.1) is 11.3 Å². The van der Waals surface area contributed by atoms with Crippen LogP contribution in [0.3, 0.4) is 0 Å². The fraction of sp³-hybridized carbons (Fsp3) is 1.00. The highest BCUT2D eigenvalue weighted by Gasteiger charge is 2.32. The Kier molecular flexibility index (Phi) is 7.38. The van der Waals surface area contributed by atoms with E-state index in [1.165, 1.54) is 58.0 Å².